The molecule has 0 radical (unpaired) electrons. The van der Waals surface area contributed by atoms with Gasteiger partial charge in [0, 0.05) is 26.2 Å². The molecule has 0 fully saturated rings. The Hall–Kier alpha value is -0.617. The van der Waals surface area contributed by atoms with Crippen LogP contribution in [0.25, 0.3) is 11.1 Å². The van der Waals surface area contributed by atoms with Gasteiger partial charge in [0.1, 0.15) is 0 Å². The summed E-state index contributed by atoms with van der Waals surface area (Å²) in [5.74, 6) is 0. The van der Waals surface area contributed by atoms with E-state index < -0.39 is 0 Å². The van der Waals surface area contributed by atoms with E-state index in [0.29, 0.717) is 0 Å². The van der Waals surface area contributed by atoms with Crippen LogP contribution in [-0.4, -0.2) is 0 Å². The van der Waals surface area contributed by atoms with Gasteiger partial charge in [-0.2, -0.15) is 0 Å². The second kappa shape index (κ2) is 9.02. The van der Waals surface area contributed by atoms with E-state index in [0.717, 1.165) is 12.8 Å². The molecule has 0 aliphatic heterocycles. The molecule has 0 unspecified atom stereocenters. The summed E-state index contributed by atoms with van der Waals surface area (Å²) in [5.41, 5.74) is 9.03. The average molecular weight is 423 g/mol. The van der Waals surface area contributed by atoms with Crippen LogP contribution in [0.3, 0.4) is 0 Å². The second-order valence-corrected chi connectivity index (χ2v) is 5.73. The van der Waals surface area contributed by atoms with Crippen molar-refractivity contribution < 1.29 is 26.2 Å². The molecule has 0 amide bonds. The van der Waals surface area contributed by atoms with Crippen molar-refractivity contribution in [2.45, 2.75) is 25.7 Å². The first-order valence-corrected chi connectivity index (χ1v) is 7.45. The SMILES string of the molecule is C1=CCC(CCc2cccc3c2Cc2ccccc2-3)=C1.Cl.Cl.[Zr]. The van der Waals surface area contributed by atoms with E-state index in [1.165, 1.54) is 35.1 Å². The van der Waals surface area contributed by atoms with Gasteiger partial charge in [-0.25, -0.2) is 0 Å². The van der Waals surface area contributed by atoms with Crippen LogP contribution in [-0.2, 0) is 39.0 Å². The van der Waals surface area contributed by atoms with Gasteiger partial charge in [0.05, 0.1) is 0 Å². The molecule has 0 saturated heterocycles. The second-order valence-electron chi connectivity index (χ2n) is 5.73. The van der Waals surface area contributed by atoms with Gasteiger partial charge >= 0.3 is 0 Å². The molecule has 2 aliphatic carbocycles. The minimum atomic E-state index is 0. The van der Waals surface area contributed by atoms with Crippen LogP contribution in [0, 0.1) is 0 Å². The molecule has 0 nitrogen and oxygen atoms in total. The fourth-order valence-electron chi connectivity index (χ4n) is 3.43. The van der Waals surface area contributed by atoms with Gasteiger partial charge in [0.2, 0.25) is 0 Å². The van der Waals surface area contributed by atoms with Gasteiger partial charge in [-0.1, -0.05) is 66.3 Å². The van der Waals surface area contributed by atoms with Crippen LogP contribution in [0.2, 0.25) is 0 Å². The van der Waals surface area contributed by atoms with Gasteiger partial charge < -0.3 is 0 Å². The molecular weight excluding hydrogens is 402 g/mol. The zero-order chi connectivity index (χ0) is 13.4. The van der Waals surface area contributed by atoms with Crippen molar-refractivity contribution in [2.24, 2.45) is 0 Å². The normalized spacial score (nSPS) is 13.1. The number of rotatable bonds is 3. The van der Waals surface area contributed by atoms with Gasteiger partial charge in [-0.15, -0.1) is 24.8 Å². The summed E-state index contributed by atoms with van der Waals surface area (Å²) in [7, 11) is 0. The predicted molar refractivity (Wildman–Crippen MR) is 99.3 cm³/mol. The fraction of sp³-hybridized carbons (Fsp3) is 0.200. The summed E-state index contributed by atoms with van der Waals surface area (Å²) in [5, 5.41) is 0. The molecule has 0 heterocycles. The molecule has 2 aliphatic rings. The van der Waals surface area contributed by atoms with Crippen molar-refractivity contribution in [3.05, 3.63) is 83.0 Å². The van der Waals surface area contributed by atoms with Crippen LogP contribution >= 0.6 is 24.8 Å². The van der Waals surface area contributed by atoms with Gasteiger partial charge in [0.25, 0.3) is 0 Å². The van der Waals surface area contributed by atoms with Crippen LogP contribution in [0.4, 0.5) is 0 Å². The summed E-state index contributed by atoms with van der Waals surface area (Å²) < 4.78 is 0. The molecule has 4 rings (SSSR count). The zero-order valence-electron chi connectivity index (χ0n) is 12.9. The number of hydrogen-bond donors (Lipinski definition) is 0. The molecule has 0 bridgehead atoms. The fourth-order valence-corrected chi connectivity index (χ4v) is 3.43. The summed E-state index contributed by atoms with van der Waals surface area (Å²) in [6.07, 6.45) is 11.3. The third kappa shape index (κ3) is 4.08. The molecule has 2 aromatic rings. The van der Waals surface area contributed by atoms with Gasteiger partial charge in [-0.05, 0) is 53.5 Å². The molecule has 0 saturated carbocycles. The molecule has 118 valence electrons. The van der Waals surface area contributed by atoms with E-state index in [1.807, 2.05) is 0 Å². The van der Waals surface area contributed by atoms with Crippen LogP contribution in [0.15, 0.2) is 66.3 Å². The topological polar surface area (TPSA) is 0 Å². The summed E-state index contributed by atoms with van der Waals surface area (Å²) in [4.78, 5) is 0. The molecule has 0 atom stereocenters. The van der Waals surface area contributed by atoms with Crippen LogP contribution < -0.4 is 0 Å². The Kier molecular flexibility index (Phi) is 8.01. The predicted octanol–water partition coefficient (Wildman–Crippen LogP) is 5.92. The molecule has 0 aromatic heterocycles. The number of fused-ring (bicyclic) bond motifs is 3. The Morgan fingerprint density at radius 3 is 2.39 bits per heavy atom. The number of hydrogen-bond acceptors (Lipinski definition) is 0. The minimum Gasteiger partial charge on any atom is -0.147 e. The largest absolute Gasteiger partial charge is 0.147 e. The number of benzene rings is 2. The smallest absolute Gasteiger partial charge is 0 e. The van der Waals surface area contributed by atoms with Crippen molar-refractivity contribution in [2.75, 3.05) is 0 Å². The van der Waals surface area contributed by atoms with E-state index in [1.54, 1.807) is 11.1 Å². The molecule has 0 N–H and O–H groups in total. The first-order valence-electron chi connectivity index (χ1n) is 7.45. The Morgan fingerprint density at radius 1 is 0.826 bits per heavy atom. The van der Waals surface area contributed by atoms with Crippen molar-refractivity contribution >= 4 is 24.8 Å². The van der Waals surface area contributed by atoms with Crippen LogP contribution in [0.5, 0.6) is 0 Å². The average Bonchev–Trinajstić information content (AvgIpc) is 3.12. The summed E-state index contributed by atoms with van der Waals surface area (Å²) in [6, 6.07) is 15.6. The maximum Gasteiger partial charge on any atom is 0 e. The van der Waals surface area contributed by atoms with Crippen LogP contribution in [0.1, 0.15) is 29.5 Å². The monoisotopic (exact) mass is 420 g/mol. The Morgan fingerprint density at radius 2 is 1.61 bits per heavy atom. The van der Waals surface area contributed by atoms with Crippen molar-refractivity contribution in [3.63, 3.8) is 0 Å². The van der Waals surface area contributed by atoms with Gasteiger partial charge in [-0.3, -0.25) is 0 Å². The third-order valence-electron chi connectivity index (χ3n) is 4.51. The summed E-state index contributed by atoms with van der Waals surface area (Å²) in [6.45, 7) is 0. The van der Waals surface area contributed by atoms with E-state index in [2.05, 4.69) is 60.7 Å². The Labute approximate surface area is 170 Å². The number of aryl methyl sites for hydroxylation is 1. The molecule has 23 heavy (non-hydrogen) atoms. The first kappa shape index (κ1) is 20.4. The first-order chi connectivity index (χ1) is 9.92. The summed E-state index contributed by atoms with van der Waals surface area (Å²) >= 11 is 0. The minimum absolute atomic E-state index is 0. The quantitative estimate of drug-likeness (QED) is 0.492. The van der Waals surface area contributed by atoms with Crippen molar-refractivity contribution in [3.8, 4) is 11.1 Å². The number of allylic oxidation sites excluding steroid dienone is 4. The molecule has 3 heteroatoms. The zero-order valence-corrected chi connectivity index (χ0v) is 17.0. The Bertz CT molecular complexity index is 732. The van der Waals surface area contributed by atoms with Crippen molar-refractivity contribution in [1.82, 2.24) is 0 Å². The van der Waals surface area contributed by atoms with E-state index in [4.69, 9.17) is 0 Å². The maximum atomic E-state index is 2.31. The maximum absolute atomic E-state index is 2.31. The van der Waals surface area contributed by atoms with Crippen molar-refractivity contribution in [1.29, 1.82) is 0 Å². The van der Waals surface area contributed by atoms with E-state index in [-0.39, 0.29) is 51.0 Å². The van der Waals surface area contributed by atoms with E-state index in [9.17, 15) is 0 Å². The molecule has 2 aromatic carbocycles. The van der Waals surface area contributed by atoms with Gasteiger partial charge in [0.15, 0.2) is 0 Å². The molecular formula is C20H20Cl2Zr. The molecule has 0 spiro atoms. The number of halogens is 2. The van der Waals surface area contributed by atoms with E-state index >= 15 is 0 Å². The Balaban J connectivity index is 0.000000882. The third-order valence-corrected chi connectivity index (χ3v) is 4.51. The standard InChI is InChI=1S/C20H18.2ClH.Zr/c1-2-7-15(6-1)12-13-16-9-5-11-19-18-10-4-3-8-17(18)14-20(16)19;;;/h1-6,8-11H,7,12-14H2;2*1H;.